The quantitative estimate of drug-likeness (QED) is 0.160. The van der Waals surface area contributed by atoms with E-state index in [0.717, 1.165) is 16.2 Å². The second kappa shape index (κ2) is 11.6. The molecule has 0 bridgehead atoms. The number of carbonyl (C=O) groups excluding carboxylic acids is 5. The molecule has 0 aliphatic carbocycles. The van der Waals surface area contributed by atoms with Crippen molar-refractivity contribution in [1.29, 1.82) is 0 Å². The first kappa shape index (κ1) is 30.5. The molecule has 40 heavy (non-hydrogen) atoms. The van der Waals surface area contributed by atoms with E-state index in [-0.39, 0.29) is 40.6 Å². The third kappa shape index (κ3) is 6.94. The number of methoxy groups -OCH3 is 1. The molecule has 1 aromatic heterocycles. The molecule has 14 nitrogen and oxygen atoms in total. The maximum absolute atomic E-state index is 13.2. The first-order valence-corrected chi connectivity index (χ1v) is 13.2. The molecule has 1 fully saturated rings. The lowest BCUT2D eigenvalue weighted by Crippen LogP contribution is -2.72. The molecule has 0 aromatic carbocycles. The van der Waals surface area contributed by atoms with Crippen LogP contribution in [0, 0.1) is 0 Å². The fourth-order valence-corrected chi connectivity index (χ4v) is 4.72. The van der Waals surface area contributed by atoms with Crippen molar-refractivity contribution in [2.45, 2.75) is 77.7 Å². The number of β-lactam (4-membered cyclic amide) rings is 1. The van der Waals surface area contributed by atoms with E-state index in [9.17, 15) is 24.0 Å². The van der Waals surface area contributed by atoms with Crippen LogP contribution in [0.25, 0.3) is 0 Å². The number of amides is 3. The van der Waals surface area contributed by atoms with Crippen LogP contribution in [0.15, 0.2) is 21.8 Å². The van der Waals surface area contributed by atoms with E-state index in [1.807, 2.05) is 0 Å². The Morgan fingerprint density at radius 1 is 1.05 bits per heavy atom. The number of anilines is 1. The Morgan fingerprint density at radius 2 is 1.70 bits per heavy atom. The fraction of sp³-hybridized carbons (Fsp3) is 0.560. The van der Waals surface area contributed by atoms with Crippen molar-refractivity contribution in [1.82, 2.24) is 15.2 Å². The van der Waals surface area contributed by atoms with Crippen LogP contribution >= 0.6 is 11.3 Å². The number of esters is 2. The third-order valence-electron chi connectivity index (χ3n) is 5.50. The normalized spacial score (nSPS) is 19.2. The van der Waals surface area contributed by atoms with E-state index < -0.39 is 53.1 Å². The molecule has 3 heterocycles. The van der Waals surface area contributed by atoms with Gasteiger partial charge in [-0.05, 0) is 54.4 Å². The average Bonchev–Trinajstić information content (AvgIpc) is 3.29. The Morgan fingerprint density at radius 3 is 2.27 bits per heavy atom. The van der Waals surface area contributed by atoms with E-state index in [0.29, 0.717) is 0 Å². The second-order valence-electron chi connectivity index (χ2n) is 10.9. The van der Waals surface area contributed by atoms with Crippen LogP contribution in [0.4, 0.5) is 9.93 Å². The van der Waals surface area contributed by atoms with Crippen LogP contribution in [-0.4, -0.2) is 82.9 Å². The average molecular weight is 580 g/mol. The zero-order chi connectivity index (χ0) is 30.0. The number of fused-ring (bicyclic) bond motifs is 1. The topological polar surface area (TPSA) is 175 Å². The molecule has 15 heteroatoms. The molecule has 3 amide bonds. The van der Waals surface area contributed by atoms with Gasteiger partial charge in [-0.2, -0.15) is 0 Å². The van der Waals surface area contributed by atoms with E-state index in [4.69, 9.17) is 19.0 Å². The van der Waals surface area contributed by atoms with Crippen molar-refractivity contribution in [2.24, 2.45) is 5.16 Å². The number of nitrogens with one attached hydrogen (secondary N) is 2. The highest BCUT2D eigenvalue weighted by molar-refractivity contribution is 7.14. The first-order chi connectivity index (χ1) is 18.6. The summed E-state index contributed by atoms with van der Waals surface area (Å²) in [6, 6.07) is -1.62. The van der Waals surface area contributed by atoms with Gasteiger partial charge in [-0.25, -0.2) is 19.4 Å². The summed E-state index contributed by atoms with van der Waals surface area (Å²) in [6.07, 6.45) is -0.307. The smallest absolute Gasteiger partial charge is 0.413 e. The summed E-state index contributed by atoms with van der Waals surface area (Å²) in [5.41, 5.74) is -1.92. The molecule has 2 N–H and O–H groups in total. The van der Waals surface area contributed by atoms with Gasteiger partial charge in [-0.3, -0.25) is 19.8 Å². The summed E-state index contributed by atoms with van der Waals surface area (Å²) < 4.78 is 15.4. The number of nitrogens with zero attached hydrogens (tertiary/aromatic N) is 3. The Bertz CT molecular complexity index is 1270. The second-order valence-corrected chi connectivity index (χ2v) is 11.7. The summed E-state index contributed by atoms with van der Waals surface area (Å²) >= 11 is 1.03. The highest BCUT2D eigenvalue weighted by Crippen LogP contribution is 2.38. The lowest BCUT2D eigenvalue weighted by molar-refractivity contribution is -0.163. The van der Waals surface area contributed by atoms with Crippen molar-refractivity contribution >= 4 is 52.0 Å². The Kier molecular flexibility index (Phi) is 8.87. The first-order valence-electron chi connectivity index (χ1n) is 12.3. The van der Waals surface area contributed by atoms with Gasteiger partial charge < -0.3 is 24.4 Å². The molecule has 1 aromatic rings. The van der Waals surface area contributed by atoms with Crippen molar-refractivity contribution in [3.63, 3.8) is 0 Å². The molecular formula is C25H33N5O9S. The summed E-state index contributed by atoms with van der Waals surface area (Å²) in [5.74, 6) is -2.96. The van der Waals surface area contributed by atoms with Crippen LogP contribution in [0.3, 0.4) is 0 Å². The summed E-state index contributed by atoms with van der Waals surface area (Å²) in [6.45, 7) is 10.1. The number of ether oxygens (including phenoxy) is 3. The van der Waals surface area contributed by atoms with Gasteiger partial charge in [-0.15, -0.1) is 11.3 Å². The summed E-state index contributed by atoms with van der Waals surface area (Å²) in [7, 11) is 2.42. The van der Waals surface area contributed by atoms with E-state index in [1.54, 1.807) is 41.5 Å². The number of oxime groups is 1. The molecule has 3 rings (SSSR count). The van der Waals surface area contributed by atoms with Crippen LogP contribution in [0.5, 0.6) is 0 Å². The molecule has 218 valence electrons. The third-order valence-corrected chi connectivity index (χ3v) is 6.26. The van der Waals surface area contributed by atoms with Gasteiger partial charge in [0.25, 0.3) is 11.8 Å². The van der Waals surface area contributed by atoms with E-state index in [1.165, 1.54) is 19.6 Å². The van der Waals surface area contributed by atoms with Gasteiger partial charge in [0.2, 0.25) is 0 Å². The molecule has 2 aliphatic heterocycles. The Hall–Kier alpha value is -4.01. The van der Waals surface area contributed by atoms with Crippen LogP contribution in [-0.2, 0) is 38.2 Å². The molecule has 0 spiro atoms. The standard InChI is InChI=1S/C25H33N5O9S/c1-24(2,3)38-21(34)17-12(20(33)36-7)9-10-14-16(19(32)30(14)17)27-18(31)15(29-37-8)13-11-40-22(26-13)28-23(35)39-25(4,5)6/h11,14,16H,9-10H2,1-8H3,(H,27,31)(H,26,28,35)/t14-,16+/m1/s1. The van der Waals surface area contributed by atoms with Gasteiger partial charge >= 0.3 is 18.0 Å². The van der Waals surface area contributed by atoms with Crippen molar-refractivity contribution in [3.8, 4) is 0 Å². The lowest BCUT2D eigenvalue weighted by Gasteiger charge is -2.50. The van der Waals surface area contributed by atoms with E-state index in [2.05, 4.69) is 20.8 Å². The molecule has 0 saturated carbocycles. The largest absolute Gasteiger partial charge is 0.466 e. The van der Waals surface area contributed by atoms with Gasteiger partial charge in [0.1, 0.15) is 35.7 Å². The van der Waals surface area contributed by atoms with Crippen molar-refractivity contribution in [2.75, 3.05) is 19.5 Å². The van der Waals surface area contributed by atoms with Crippen LogP contribution < -0.4 is 10.6 Å². The minimum Gasteiger partial charge on any atom is -0.466 e. The highest BCUT2D eigenvalue weighted by atomic mass is 32.1. The number of thiazole rings is 1. The van der Waals surface area contributed by atoms with E-state index >= 15 is 0 Å². The highest BCUT2D eigenvalue weighted by Gasteiger charge is 2.55. The maximum atomic E-state index is 13.2. The minimum absolute atomic E-state index is 0.0280. The zero-order valence-corrected chi connectivity index (χ0v) is 24.4. The Labute approximate surface area is 235 Å². The van der Waals surface area contributed by atoms with Gasteiger partial charge in [-0.1, -0.05) is 5.16 Å². The maximum Gasteiger partial charge on any atom is 0.413 e. The number of aromatic nitrogens is 1. The molecule has 0 radical (unpaired) electrons. The number of carbonyl (C=O) groups is 5. The molecule has 1 saturated heterocycles. The van der Waals surface area contributed by atoms with Crippen molar-refractivity contribution in [3.05, 3.63) is 22.3 Å². The molecular weight excluding hydrogens is 546 g/mol. The van der Waals surface area contributed by atoms with Gasteiger partial charge in [0.15, 0.2) is 10.8 Å². The van der Waals surface area contributed by atoms with Crippen LogP contribution in [0.2, 0.25) is 0 Å². The molecule has 0 unspecified atom stereocenters. The Balaban J connectivity index is 1.78. The van der Waals surface area contributed by atoms with Gasteiger partial charge in [0.05, 0.1) is 18.7 Å². The number of hydrogen-bond donors (Lipinski definition) is 2. The van der Waals surface area contributed by atoms with Gasteiger partial charge in [0, 0.05) is 5.38 Å². The predicted octanol–water partition coefficient (Wildman–Crippen LogP) is 2.10. The SMILES string of the molecule is CON=C(C(=O)N[C@@H]1C(=O)N2C(C(=O)OC(C)(C)C)=C(C(=O)OC)CC[C@H]12)c1csc(NC(=O)OC(C)(C)C)n1. The molecule has 2 aliphatic rings. The lowest BCUT2D eigenvalue weighted by atomic mass is 9.83. The fourth-order valence-electron chi connectivity index (χ4n) is 4.04. The monoisotopic (exact) mass is 579 g/mol. The minimum atomic E-state index is -1.01. The summed E-state index contributed by atoms with van der Waals surface area (Å²) in [4.78, 5) is 74.0. The molecule has 2 atom stereocenters. The number of hydrogen-bond acceptors (Lipinski definition) is 12. The predicted molar refractivity (Wildman–Crippen MR) is 142 cm³/mol. The number of rotatable bonds is 7. The zero-order valence-electron chi connectivity index (χ0n) is 23.6. The van der Waals surface area contributed by atoms with Crippen molar-refractivity contribution < 1.29 is 43.0 Å². The summed E-state index contributed by atoms with van der Waals surface area (Å²) in [5, 5.41) is 10.5. The van der Waals surface area contributed by atoms with Crippen LogP contribution in [0.1, 0.15) is 60.1 Å².